The van der Waals surface area contributed by atoms with E-state index in [1.54, 1.807) is 23.1 Å². The topological polar surface area (TPSA) is 38.1 Å². The van der Waals surface area contributed by atoms with E-state index in [0.717, 1.165) is 57.2 Å². The summed E-state index contributed by atoms with van der Waals surface area (Å²) in [6.45, 7) is 0.827. The van der Waals surface area contributed by atoms with Crippen LogP contribution in [-0.2, 0) is 6.42 Å². The van der Waals surface area contributed by atoms with Crippen molar-refractivity contribution in [3.63, 3.8) is 0 Å². The third-order valence-electron chi connectivity index (χ3n) is 6.16. The van der Waals surface area contributed by atoms with Gasteiger partial charge in [0, 0.05) is 27.1 Å². The fraction of sp³-hybridized carbons (Fsp3) is 0.100. The van der Waals surface area contributed by atoms with Crippen molar-refractivity contribution in [2.24, 2.45) is 0 Å². The van der Waals surface area contributed by atoms with E-state index >= 15 is 0 Å². The number of hydrogen-bond acceptors (Lipinski definition) is 5. The fourth-order valence-corrected chi connectivity index (χ4v) is 5.48. The first kappa shape index (κ1) is 22.0. The van der Waals surface area contributed by atoms with Gasteiger partial charge in [0.25, 0.3) is 0 Å². The number of nitrogens with one attached hydrogen (secondary N) is 1. The Morgan fingerprint density at radius 1 is 0.914 bits per heavy atom. The number of para-hydroxylation sites is 1. The lowest BCUT2D eigenvalue weighted by Gasteiger charge is -2.11. The second-order valence-corrected chi connectivity index (χ2v) is 10.3. The summed E-state index contributed by atoms with van der Waals surface area (Å²) in [6, 6.07) is 27.5. The summed E-state index contributed by atoms with van der Waals surface area (Å²) in [5.74, 6) is 0. The standard InChI is InChI=1S/C30H24N2OS2/c1-34-22-13-10-20(11-14-22)8-9-21-12-15-26-25(19-21)28(31-17-16-23-5-4-18-35-23)30-29(32-26)24-6-2-3-7-27(24)33-30/h2-15,18-19H,16-17H2,1H3,(H,31,32)/b9-8+. The zero-order valence-electron chi connectivity index (χ0n) is 19.3. The van der Waals surface area contributed by atoms with E-state index in [0.29, 0.717) is 0 Å². The van der Waals surface area contributed by atoms with Crippen LogP contribution in [0.2, 0.25) is 0 Å². The van der Waals surface area contributed by atoms with Gasteiger partial charge in [0.1, 0.15) is 11.1 Å². The van der Waals surface area contributed by atoms with Crippen LogP contribution in [0.4, 0.5) is 5.69 Å². The molecular formula is C30H24N2OS2. The number of nitrogens with zero attached hydrogens (tertiary/aromatic N) is 1. The molecule has 3 nitrogen and oxygen atoms in total. The van der Waals surface area contributed by atoms with Crippen LogP contribution in [0.25, 0.3) is 45.1 Å². The summed E-state index contributed by atoms with van der Waals surface area (Å²) < 4.78 is 6.33. The Labute approximate surface area is 212 Å². The van der Waals surface area contributed by atoms with Crippen LogP contribution >= 0.6 is 23.1 Å². The fourth-order valence-electron chi connectivity index (χ4n) is 4.36. The Morgan fingerprint density at radius 2 is 1.74 bits per heavy atom. The quantitative estimate of drug-likeness (QED) is 0.179. The predicted octanol–water partition coefficient (Wildman–Crippen LogP) is 8.74. The second kappa shape index (κ2) is 9.61. The lowest BCUT2D eigenvalue weighted by molar-refractivity contribution is 0.669. The van der Waals surface area contributed by atoms with E-state index in [-0.39, 0.29) is 0 Å². The van der Waals surface area contributed by atoms with Crippen molar-refractivity contribution in [1.29, 1.82) is 0 Å². The molecule has 5 heteroatoms. The van der Waals surface area contributed by atoms with Gasteiger partial charge < -0.3 is 9.73 Å². The molecular weight excluding hydrogens is 468 g/mol. The maximum absolute atomic E-state index is 6.33. The molecule has 0 aliphatic rings. The van der Waals surface area contributed by atoms with Gasteiger partial charge in [0.2, 0.25) is 0 Å². The lowest BCUT2D eigenvalue weighted by Crippen LogP contribution is -2.05. The molecule has 0 amide bonds. The first-order chi connectivity index (χ1) is 17.3. The molecule has 0 radical (unpaired) electrons. The van der Waals surface area contributed by atoms with Crippen LogP contribution in [-0.4, -0.2) is 17.8 Å². The van der Waals surface area contributed by atoms with Crippen molar-refractivity contribution in [2.75, 3.05) is 18.1 Å². The number of thioether (sulfide) groups is 1. The van der Waals surface area contributed by atoms with Crippen LogP contribution in [0, 0.1) is 0 Å². The molecule has 3 aromatic carbocycles. The van der Waals surface area contributed by atoms with Crippen molar-refractivity contribution >= 4 is 73.9 Å². The third kappa shape index (κ3) is 4.45. The SMILES string of the molecule is CSc1ccc(/C=C/c2ccc3nc4c(oc5ccccc54)c(NCCc4cccs4)c3c2)cc1. The largest absolute Gasteiger partial charge is 0.452 e. The van der Waals surface area contributed by atoms with Crippen molar-refractivity contribution < 1.29 is 4.42 Å². The van der Waals surface area contributed by atoms with Crippen LogP contribution in [0.15, 0.2) is 93.6 Å². The van der Waals surface area contributed by atoms with Gasteiger partial charge in [-0.05, 0) is 71.6 Å². The average molecular weight is 493 g/mol. The molecule has 6 rings (SSSR count). The highest BCUT2D eigenvalue weighted by Gasteiger charge is 2.16. The zero-order chi connectivity index (χ0) is 23.6. The molecule has 1 N–H and O–H groups in total. The molecule has 0 fully saturated rings. The van der Waals surface area contributed by atoms with Crippen LogP contribution in [0.3, 0.4) is 0 Å². The number of hydrogen-bond donors (Lipinski definition) is 1. The summed E-state index contributed by atoms with van der Waals surface area (Å²) in [7, 11) is 0. The van der Waals surface area contributed by atoms with Crippen molar-refractivity contribution in [3.05, 3.63) is 100 Å². The van der Waals surface area contributed by atoms with Gasteiger partial charge in [-0.1, -0.05) is 48.6 Å². The number of thiophene rings is 1. The molecule has 0 aliphatic carbocycles. The number of pyridine rings is 1. The first-order valence-corrected chi connectivity index (χ1v) is 13.7. The van der Waals surface area contributed by atoms with Gasteiger partial charge in [-0.2, -0.15) is 0 Å². The van der Waals surface area contributed by atoms with E-state index in [2.05, 4.69) is 89.8 Å². The average Bonchev–Trinajstić information content (AvgIpc) is 3.55. The molecule has 35 heavy (non-hydrogen) atoms. The molecule has 0 saturated heterocycles. The minimum Gasteiger partial charge on any atom is -0.452 e. The summed E-state index contributed by atoms with van der Waals surface area (Å²) in [4.78, 5) is 7.64. The highest BCUT2D eigenvalue weighted by atomic mass is 32.2. The van der Waals surface area contributed by atoms with Gasteiger partial charge in [-0.25, -0.2) is 4.98 Å². The van der Waals surface area contributed by atoms with E-state index < -0.39 is 0 Å². The highest BCUT2D eigenvalue weighted by Crippen LogP contribution is 2.37. The van der Waals surface area contributed by atoms with Crippen molar-refractivity contribution in [2.45, 2.75) is 11.3 Å². The molecule has 0 atom stereocenters. The maximum Gasteiger partial charge on any atom is 0.177 e. The van der Waals surface area contributed by atoms with Crippen molar-refractivity contribution in [1.82, 2.24) is 4.98 Å². The number of furan rings is 1. The first-order valence-electron chi connectivity index (χ1n) is 11.6. The highest BCUT2D eigenvalue weighted by molar-refractivity contribution is 7.98. The minimum atomic E-state index is 0.818. The van der Waals surface area contributed by atoms with E-state index in [4.69, 9.17) is 9.40 Å². The molecule has 0 unspecified atom stereocenters. The Morgan fingerprint density at radius 3 is 2.57 bits per heavy atom. The number of rotatable bonds is 7. The van der Waals surface area contributed by atoms with E-state index in [9.17, 15) is 0 Å². The maximum atomic E-state index is 6.33. The summed E-state index contributed by atoms with van der Waals surface area (Å²) in [5, 5.41) is 7.93. The van der Waals surface area contributed by atoms with E-state index in [1.165, 1.54) is 15.3 Å². The Kier molecular flexibility index (Phi) is 6.03. The van der Waals surface area contributed by atoms with Crippen LogP contribution in [0.5, 0.6) is 0 Å². The molecule has 3 aromatic heterocycles. The minimum absolute atomic E-state index is 0.818. The summed E-state index contributed by atoms with van der Waals surface area (Å²) in [5.41, 5.74) is 6.87. The molecule has 172 valence electrons. The van der Waals surface area contributed by atoms with Gasteiger partial charge in [0.15, 0.2) is 5.58 Å². The Balaban J connectivity index is 1.42. The molecule has 0 spiro atoms. The monoisotopic (exact) mass is 492 g/mol. The van der Waals surface area contributed by atoms with Gasteiger partial charge in [-0.3, -0.25) is 0 Å². The number of benzene rings is 3. The van der Waals surface area contributed by atoms with Gasteiger partial charge in [-0.15, -0.1) is 23.1 Å². The molecule has 0 bridgehead atoms. The third-order valence-corrected chi connectivity index (χ3v) is 7.84. The lowest BCUT2D eigenvalue weighted by atomic mass is 10.1. The molecule has 0 saturated carbocycles. The second-order valence-electron chi connectivity index (χ2n) is 8.40. The number of anilines is 1. The zero-order valence-corrected chi connectivity index (χ0v) is 21.0. The molecule has 6 aromatic rings. The number of aromatic nitrogens is 1. The summed E-state index contributed by atoms with van der Waals surface area (Å²) in [6.07, 6.45) is 7.38. The smallest absolute Gasteiger partial charge is 0.177 e. The molecule has 3 heterocycles. The van der Waals surface area contributed by atoms with Crippen LogP contribution < -0.4 is 5.32 Å². The van der Waals surface area contributed by atoms with E-state index in [1.807, 2.05) is 18.2 Å². The predicted molar refractivity (Wildman–Crippen MR) is 153 cm³/mol. The molecule has 0 aliphatic heterocycles. The van der Waals surface area contributed by atoms with Crippen molar-refractivity contribution in [3.8, 4) is 0 Å². The number of fused-ring (bicyclic) bond motifs is 4. The van der Waals surface area contributed by atoms with Crippen LogP contribution in [0.1, 0.15) is 16.0 Å². The van der Waals surface area contributed by atoms with Gasteiger partial charge >= 0.3 is 0 Å². The normalized spacial score (nSPS) is 11.8. The Bertz CT molecular complexity index is 1650. The Hall–Kier alpha value is -3.54. The summed E-state index contributed by atoms with van der Waals surface area (Å²) >= 11 is 3.55. The van der Waals surface area contributed by atoms with Gasteiger partial charge in [0.05, 0.1) is 11.2 Å².